The molecule has 4 rings (SSSR count). The Morgan fingerprint density at radius 3 is 3.10 bits per heavy atom. The summed E-state index contributed by atoms with van der Waals surface area (Å²) in [6.45, 7) is 0.851. The molecule has 3 heterocycles. The van der Waals surface area contributed by atoms with Crippen molar-refractivity contribution in [3.05, 3.63) is 53.1 Å². The zero-order valence-electron chi connectivity index (χ0n) is 16.3. The summed E-state index contributed by atoms with van der Waals surface area (Å²) in [5.41, 5.74) is 5.47. The number of aliphatic hydroxyl groups excluding tert-OH is 1. The lowest BCUT2D eigenvalue weighted by Gasteiger charge is -2.16. The van der Waals surface area contributed by atoms with Crippen LogP contribution in [0, 0.1) is 0 Å². The van der Waals surface area contributed by atoms with E-state index in [1.54, 1.807) is 59.7 Å². The SMILES string of the molecule is COc1ccc(Cl)cc1-c1c(NC(=O)C2=C3N=CC=CN3NC2)cnn1CCCO. The Hall–Kier alpha value is -3.14. The molecule has 1 aromatic heterocycles. The molecule has 2 aromatic rings. The van der Waals surface area contributed by atoms with E-state index in [2.05, 4.69) is 20.8 Å². The summed E-state index contributed by atoms with van der Waals surface area (Å²) >= 11 is 6.23. The van der Waals surface area contributed by atoms with Gasteiger partial charge in [-0.05, 0) is 30.7 Å². The largest absolute Gasteiger partial charge is 0.496 e. The molecule has 156 valence electrons. The number of hydrazine groups is 1. The van der Waals surface area contributed by atoms with E-state index < -0.39 is 0 Å². The number of aromatic nitrogens is 2. The molecule has 10 heteroatoms. The van der Waals surface area contributed by atoms with Crippen LogP contribution in [0.3, 0.4) is 0 Å². The first-order valence-electron chi connectivity index (χ1n) is 9.41. The van der Waals surface area contributed by atoms with Crippen LogP contribution < -0.4 is 15.5 Å². The van der Waals surface area contributed by atoms with Gasteiger partial charge in [-0.3, -0.25) is 14.5 Å². The van der Waals surface area contributed by atoms with Crippen molar-refractivity contribution in [2.45, 2.75) is 13.0 Å². The minimum absolute atomic E-state index is 0.0247. The summed E-state index contributed by atoms with van der Waals surface area (Å²) in [4.78, 5) is 17.3. The van der Waals surface area contributed by atoms with Gasteiger partial charge in [0.2, 0.25) is 0 Å². The van der Waals surface area contributed by atoms with E-state index in [-0.39, 0.29) is 12.5 Å². The summed E-state index contributed by atoms with van der Waals surface area (Å²) in [7, 11) is 1.57. The molecule has 0 saturated carbocycles. The minimum atomic E-state index is -0.281. The van der Waals surface area contributed by atoms with Crippen molar-refractivity contribution in [1.82, 2.24) is 20.2 Å². The molecule has 0 aliphatic carbocycles. The number of fused-ring (bicyclic) bond motifs is 1. The fraction of sp³-hybridized carbons (Fsp3) is 0.250. The van der Waals surface area contributed by atoms with Crippen LogP contribution in [0.15, 0.2) is 53.1 Å². The molecule has 0 fully saturated rings. The number of rotatable bonds is 7. The second kappa shape index (κ2) is 8.70. The molecule has 0 spiro atoms. The van der Waals surface area contributed by atoms with Gasteiger partial charge in [0.15, 0.2) is 5.82 Å². The molecule has 0 unspecified atom stereocenters. The van der Waals surface area contributed by atoms with Crippen LogP contribution in [-0.2, 0) is 11.3 Å². The van der Waals surface area contributed by atoms with Crippen molar-refractivity contribution in [3.8, 4) is 17.0 Å². The van der Waals surface area contributed by atoms with Gasteiger partial charge in [-0.1, -0.05) is 11.6 Å². The van der Waals surface area contributed by atoms with E-state index in [0.29, 0.717) is 58.6 Å². The van der Waals surface area contributed by atoms with Gasteiger partial charge in [0.25, 0.3) is 5.91 Å². The summed E-state index contributed by atoms with van der Waals surface area (Å²) < 4.78 is 7.22. The Kier molecular flexibility index (Phi) is 5.84. The van der Waals surface area contributed by atoms with Crippen LogP contribution in [-0.4, -0.2) is 52.3 Å². The number of aryl methyl sites for hydroxylation is 1. The number of hydrogen-bond acceptors (Lipinski definition) is 7. The highest BCUT2D eigenvalue weighted by atomic mass is 35.5. The van der Waals surface area contributed by atoms with Gasteiger partial charge in [-0.2, -0.15) is 5.10 Å². The van der Waals surface area contributed by atoms with Gasteiger partial charge in [0.1, 0.15) is 5.75 Å². The maximum absolute atomic E-state index is 13.0. The molecular formula is C20H21ClN6O3. The molecule has 3 N–H and O–H groups in total. The zero-order valence-corrected chi connectivity index (χ0v) is 17.1. The number of halogens is 1. The number of methoxy groups -OCH3 is 1. The first-order valence-corrected chi connectivity index (χ1v) is 9.79. The lowest BCUT2D eigenvalue weighted by atomic mass is 10.1. The highest BCUT2D eigenvalue weighted by molar-refractivity contribution is 6.31. The van der Waals surface area contributed by atoms with Crippen LogP contribution in [0.1, 0.15) is 6.42 Å². The first kappa shape index (κ1) is 20.1. The predicted octanol–water partition coefficient (Wildman–Crippen LogP) is 2.16. The normalized spacial score (nSPS) is 15.0. The highest BCUT2D eigenvalue weighted by Gasteiger charge is 2.28. The lowest BCUT2D eigenvalue weighted by molar-refractivity contribution is -0.112. The van der Waals surface area contributed by atoms with E-state index >= 15 is 0 Å². The third kappa shape index (κ3) is 3.82. The summed E-state index contributed by atoms with van der Waals surface area (Å²) in [6, 6.07) is 5.26. The Balaban J connectivity index is 1.72. The number of benzene rings is 1. The fourth-order valence-electron chi connectivity index (χ4n) is 3.36. The molecule has 2 aliphatic rings. The van der Waals surface area contributed by atoms with Gasteiger partial charge in [0.05, 0.1) is 30.3 Å². The van der Waals surface area contributed by atoms with Crippen LogP contribution in [0.5, 0.6) is 5.75 Å². The van der Waals surface area contributed by atoms with Crippen molar-refractivity contribution < 1.29 is 14.6 Å². The number of carbonyl (C=O) groups is 1. The van der Waals surface area contributed by atoms with Crippen LogP contribution in [0.25, 0.3) is 11.3 Å². The van der Waals surface area contributed by atoms with Crippen molar-refractivity contribution in [1.29, 1.82) is 0 Å². The summed E-state index contributed by atoms with van der Waals surface area (Å²) in [5, 5.41) is 18.8. The number of nitrogens with zero attached hydrogens (tertiary/aromatic N) is 4. The Bertz CT molecular complexity index is 1060. The summed E-state index contributed by atoms with van der Waals surface area (Å²) in [6.07, 6.45) is 7.33. The number of nitrogens with one attached hydrogen (secondary N) is 2. The van der Waals surface area contributed by atoms with Crippen molar-refractivity contribution in [2.75, 3.05) is 25.6 Å². The maximum Gasteiger partial charge on any atom is 0.256 e. The molecule has 0 saturated heterocycles. The van der Waals surface area contributed by atoms with E-state index in [1.807, 2.05) is 0 Å². The summed E-state index contributed by atoms with van der Waals surface area (Å²) in [5.74, 6) is 0.874. The number of carbonyl (C=O) groups excluding carboxylic acids is 1. The quantitative estimate of drug-likeness (QED) is 0.624. The molecule has 0 atom stereocenters. The number of hydrogen-bond donors (Lipinski definition) is 3. The first-order chi connectivity index (χ1) is 14.6. The standard InChI is InChI=1S/C20H21ClN6O3/c1-30-17-5-4-13(21)10-14(17)18-16(12-24-26(18)8-3-9-28)25-20(29)15-11-23-27-7-2-6-22-19(15)27/h2,4-7,10,12,23,28H,3,8-9,11H2,1H3,(H,25,29). The van der Waals surface area contributed by atoms with Crippen molar-refractivity contribution in [3.63, 3.8) is 0 Å². The zero-order chi connectivity index (χ0) is 21.1. The molecule has 0 radical (unpaired) electrons. The average Bonchev–Trinajstić information content (AvgIpc) is 3.36. The molecule has 9 nitrogen and oxygen atoms in total. The highest BCUT2D eigenvalue weighted by Crippen LogP contribution is 2.37. The van der Waals surface area contributed by atoms with Gasteiger partial charge >= 0.3 is 0 Å². The van der Waals surface area contributed by atoms with Gasteiger partial charge in [-0.25, -0.2) is 10.4 Å². The van der Waals surface area contributed by atoms with E-state index in [9.17, 15) is 9.90 Å². The van der Waals surface area contributed by atoms with Crippen molar-refractivity contribution in [2.24, 2.45) is 4.99 Å². The monoisotopic (exact) mass is 428 g/mol. The van der Waals surface area contributed by atoms with E-state index in [4.69, 9.17) is 16.3 Å². The predicted molar refractivity (Wildman–Crippen MR) is 114 cm³/mol. The second-order valence-electron chi connectivity index (χ2n) is 6.63. The number of allylic oxidation sites excluding steroid dienone is 1. The molecule has 1 aromatic carbocycles. The van der Waals surface area contributed by atoms with Crippen LogP contribution in [0.2, 0.25) is 5.02 Å². The topological polar surface area (TPSA) is 104 Å². The number of amides is 1. The van der Waals surface area contributed by atoms with Crippen LogP contribution >= 0.6 is 11.6 Å². The Labute approximate surface area is 178 Å². The Morgan fingerprint density at radius 1 is 1.43 bits per heavy atom. The molecule has 1 amide bonds. The number of ether oxygens (including phenoxy) is 1. The molecular weight excluding hydrogens is 408 g/mol. The lowest BCUT2D eigenvalue weighted by Crippen LogP contribution is -2.27. The van der Waals surface area contributed by atoms with Crippen LogP contribution in [0.4, 0.5) is 5.69 Å². The number of aliphatic imine (C=N–C) groups is 1. The fourth-order valence-corrected chi connectivity index (χ4v) is 3.53. The smallest absolute Gasteiger partial charge is 0.256 e. The molecule has 0 bridgehead atoms. The average molecular weight is 429 g/mol. The third-order valence-electron chi connectivity index (χ3n) is 4.75. The third-order valence-corrected chi connectivity index (χ3v) is 4.98. The molecule has 2 aliphatic heterocycles. The number of aliphatic hydroxyl groups is 1. The van der Waals surface area contributed by atoms with Crippen molar-refractivity contribution >= 4 is 29.4 Å². The number of anilines is 1. The second-order valence-corrected chi connectivity index (χ2v) is 7.07. The maximum atomic E-state index is 13.0. The Morgan fingerprint density at radius 2 is 2.30 bits per heavy atom. The van der Waals surface area contributed by atoms with E-state index in [1.165, 1.54) is 0 Å². The van der Waals surface area contributed by atoms with Gasteiger partial charge < -0.3 is 15.2 Å². The molecule has 30 heavy (non-hydrogen) atoms. The van der Waals surface area contributed by atoms with Gasteiger partial charge in [-0.15, -0.1) is 0 Å². The van der Waals surface area contributed by atoms with E-state index in [0.717, 1.165) is 0 Å². The minimum Gasteiger partial charge on any atom is -0.496 e. The van der Waals surface area contributed by atoms with Gasteiger partial charge in [0, 0.05) is 42.7 Å².